The number of aromatic nitrogens is 2. The molecule has 0 aliphatic carbocycles. The predicted octanol–water partition coefficient (Wildman–Crippen LogP) is 1.87. The number of rotatable bonds is 3. The first-order valence-corrected chi connectivity index (χ1v) is 7.03. The van der Waals surface area contributed by atoms with Crippen LogP contribution in [-0.2, 0) is 13.5 Å². The summed E-state index contributed by atoms with van der Waals surface area (Å²) in [4.78, 5) is 0. The van der Waals surface area contributed by atoms with E-state index in [1.807, 2.05) is 23.5 Å². The summed E-state index contributed by atoms with van der Waals surface area (Å²) in [5.41, 5.74) is 7.89. The molecule has 1 saturated heterocycles. The van der Waals surface area contributed by atoms with E-state index in [2.05, 4.69) is 17.3 Å². The Hall–Kier alpha value is -0.840. The van der Waals surface area contributed by atoms with E-state index in [1.165, 1.54) is 24.3 Å². The van der Waals surface area contributed by atoms with Gasteiger partial charge in [-0.1, -0.05) is 6.92 Å². The van der Waals surface area contributed by atoms with Gasteiger partial charge in [0.05, 0.1) is 11.4 Å². The zero-order valence-corrected chi connectivity index (χ0v) is 10.8. The summed E-state index contributed by atoms with van der Waals surface area (Å²) < 4.78 is 1.87. The molecule has 1 atom stereocenters. The van der Waals surface area contributed by atoms with Crippen molar-refractivity contribution in [1.29, 1.82) is 0 Å². The second kappa shape index (κ2) is 4.99. The molecule has 0 amide bonds. The summed E-state index contributed by atoms with van der Waals surface area (Å²) in [5.74, 6) is 3.45. The Balaban J connectivity index is 2.10. The van der Waals surface area contributed by atoms with Crippen LogP contribution < -0.4 is 11.1 Å². The SMILES string of the molecule is CCc1nn(C)c(NC2CCCSC2)c1N. The van der Waals surface area contributed by atoms with Crippen LogP contribution >= 0.6 is 11.8 Å². The lowest BCUT2D eigenvalue weighted by Crippen LogP contribution is -2.27. The number of hydrogen-bond donors (Lipinski definition) is 2. The van der Waals surface area contributed by atoms with E-state index in [0.717, 1.165) is 23.6 Å². The molecular weight excluding hydrogens is 220 g/mol. The highest BCUT2D eigenvalue weighted by molar-refractivity contribution is 7.99. The van der Waals surface area contributed by atoms with E-state index in [-0.39, 0.29) is 0 Å². The molecule has 16 heavy (non-hydrogen) atoms. The maximum absolute atomic E-state index is 6.08. The normalized spacial score (nSPS) is 21.0. The first kappa shape index (κ1) is 11.6. The molecule has 90 valence electrons. The molecule has 1 aliphatic heterocycles. The average Bonchev–Trinajstić information content (AvgIpc) is 2.58. The van der Waals surface area contributed by atoms with E-state index >= 15 is 0 Å². The third-order valence-corrected chi connectivity index (χ3v) is 4.21. The van der Waals surface area contributed by atoms with Gasteiger partial charge in [-0.25, -0.2) is 0 Å². The molecule has 2 heterocycles. The Kier molecular flexibility index (Phi) is 3.63. The van der Waals surface area contributed by atoms with Gasteiger partial charge in [-0.05, 0) is 25.0 Å². The fourth-order valence-electron chi connectivity index (χ4n) is 2.08. The summed E-state index contributed by atoms with van der Waals surface area (Å²) in [6.07, 6.45) is 3.42. The maximum Gasteiger partial charge on any atom is 0.148 e. The number of nitrogens with two attached hydrogens (primary N) is 1. The van der Waals surface area contributed by atoms with Gasteiger partial charge in [0.1, 0.15) is 5.82 Å². The zero-order chi connectivity index (χ0) is 11.5. The lowest BCUT2D eigenvalue weighted by molar-refractivity contribution is 0.666. The van der Waals surface area contributed by atoms with Crippen molar-refractivity contribution < 1.29 is 0 Å². The molecule has 0 radical (unpaired) electrons. The molecular formula is C11H20N4S. The number of nitrogens with zero attached hydrogens (tertiary/aromatic N) is 2. The Morgan fingerprint density at radius 2 is 2.44 bits per heavy atom. The van der Waals surface area contributed by atoms with E-state index in [0.29, 0.717) is 6.04 Å². The largest absolute Gasteiger partial charge is 0.394 e. The van der Waals surface area contributed by atoms with Crippen LogP contribution in [0.4, 0.5) is 11.5 Å². The van der Waals surface area contributed by atoms with E-state index in [4.69, 9.17) is 5.73 Å². The first-order valence-electron chi connectivity index (χ1n) is 5.88. The van der Waals surface area contributed by atoms with Crippen LogP contribution in [0.25, 0.3) is 0 Å². The van der Waals surface area contributed by atoms with Crippen LogP contribution in [0.2, 0.25) is 0 Å². The molecule has 0 saturated carbocycles. The Morgan fingerprint density at radius 1 is 1.62 bits per heavy atom. The number of hydrogen-bond acceptors (Lipinski definition) is 4. The van der Waals surface area contributed by atoms with Crippen LogP contribution in [-0.4, -0.2) is 27.3 Å². The molecule has 1 unspecified atom stereocenters. The van der Waals surface area contributed by atoms with Gasteiger partial charge < -0.3 is 11.1 Å². The van der Waals surface area contributed by atoms with Gasteiger partial charge in [0.25, 0.3) is 0 Å². The number of thioether (sulfide) groups is 1. The minimum Gasteiger partial charge on any atom is -0.394 e. The third-order valence-electron chi connectivity index (χ3n) is 3.00. The molecule has 1 aromatic heterocycles. The Labute approximate surface area is 101 Å². The molecule has 0 spiro atoms. The van der Waals surface area contributed by atoms with Crippen LogP contribution in [0.1, 0.15) is 25.5 Å². The number of nitrogen functional groups attached to an aromatic ring is 1. The fraction of sp³-hybridized carbons (Fsp3) is 0.727. The van der Waals surface area contributed by atoms with Gasteiger partial charge in [-0.3, -0.25) is 4.68 Å². The first-order chi connectivity index (χ1) is 7.72. The van der Waals surface area contributed by atoms with Crippen LogP contribution in [0.3, 0.4) is 0 Å². The van der Waals surface area contributed by atoms with Crippen LogP contribution in [0.5, 0.6) is 0 Å². The maximum atomic E-state index is 6.08. The minimum atomic E-state index is 0.543. The van der Waals surface area contributed by atoms with Crippen molar-refractivity contribution in [2.45, 2.75) is 32.2 Å². The molecule has 0 aromatic carbocycles. The van der Waals surface area contributed by atoms with Crippen molar-refractivity contribution in [3.8, 4) is 0 Å². The van der Waals surface area contributed by atoms with Crippen LogP contribution in [0, 0.1) is 0 Å². The molecule has 1 fully saturated rings. The molecule has 1 aliphatic rings. The lowest BCUT2D eigenvalue weighted by atomic mass is 10.2. The summed E-state index contributed by atoms with van der Waals surface area (Å²) in [7, 11) is 1.95. The summed E-state index contributed by atoms with van der Waals surface area (Å²) in [5, 5.41) is 7.94. The highest BCUT2D eigenvalue weighted by atomic mass is 32.2. The number of aryl methyl sites for hydroxylation is 2. The highest BCUT2D eigenvalue weighted by Crippen LogP contribution is 2.26. The number of anilines is 2. The standard InChI is InChI=1S/C11H20N4S/c1-3-9-10(12)11(15(2)14-9)13-8-5-4-6-16-7-8/h8,13H,3-7,12H2,1-2H3. The quantitative estimate of drug-likeness (QED) is 0.847. The summed E-state index contributed by atoms with van der Waals surface area (Å²) >= 11 is 2.01. The van der Waals surface area contributed by atoms with Crippen molar-refractivity contribution in [2.75, 3.05) is 22.6 Å². The highest BCUT2D eigenvalue weighted by Gasteiger charge is 2.18. The van der Waals surface area contributed by atoms with Gasteiger partial charge in [0, 0.05) is 18.8 Å². The van der Waals surface area contributed by atoms with Crippen molar-refractivity contribution in [3.05, 3.63) is 5.69 Å². The number of nitrogens with one attached hydrogen (secondary N) is 1. The summed E-state index contributed by atoms with van der Waals surface area (Å²) in [6, 6.07) is 0.543. The smallest absolute Gasteiger partial charge is 0.148 e. The van der Waals surface area contributed by atoms with Crippen molar-refractivity contribution in [2.24, 2.45) is 7.05 Å². The van der Waals surface area contributed by atoms with Crippen molar-refractivity contribution >= 4 is 23.3 Å². The molecule has 1 aromatic rings. The Morgan fingerprint density at radius 3 is 3.00 bits per heavy atom. The van der Waals surface area contributed by atoms with Gasteiger partial charge in [0.2, 0.25) is 0 Å². The molecule has 4 nitrogen and oxygen atoms in total. The summed E-state index contributed by atoms with van der Waals surface area (Å²) in [6.45, 7) is 2.08. The average molecular weight is 240 g/mol. The van der Waals surface area contributed by atoms with E-state index in [9.17, 15) is 0 Å². The van der Waals surface area contributed by atoms with E-state index < -0.39 is 0 Å². The van der Waals surface area contributed by atoms with E-state index in [1.54, 1.807) is 0 Å². The van der Waals surface area contributed by atoms with Crippen molar-refractivity contribution in [3.63, 3.8) is 0 Å². The lowest BCUT2D eigenvalue weighted by Gasteiger charge is -2.23. The predicted molar refractivity (Wildman–Crippen MR) is 71.0 cm³/mol. The molecule has 0 bridgehead atoms. The molecule has 3 N–H and O–H groups in total. The minimum absolute atomic E-state index is 0.543. The molecule has 2 rings (SSSR count). The second-order valence-electron chi connectivity index (χ2n) is 4.24. The zero-order valence-electron chi connectivity index (χ0n) is 9.99. The fourth-order valence-corrected chi connectivity index (χ4v) is 3.15. The second-order valence-corrected chi connectivity index (χ2v) is 5.39. The Bertz CT molecular complexity index is 355. The molecule has 5 heteroatoms. The van der Waals surface area contributed by atoms with Gasteiger partial charge in [-0.15, -0.1) is 0 Å². The van der Waals surface area contributed by atoms with Gasteiger partial charge >= 0.3 is 0 Å². The monoisotopic (exact) mass is 240 g/mol. The topological polar surface area (TPSA) is 55.9 Å². The van der Waals surface area contributed by atoms with Crippen LogP contribution in [0.15, 0.2) is 0 Å². The third kappa shape index (κ3) is 2.29. The van der Waals surface area contributed by atoms with Gasteiger partial charge in [0.15, 0.2) is 0 Å². The van der Waals surface area contributed by atoms with Gasteiger partial charge in [-0.2, -0.15) is 16.9 Å². The van der Waals surface area contributed by atoms with Crippen molar-refractivity contribution in [1.82, 2.24) is 9.78 Å².